The van der Waals surface area contributed by atoms with Gasteiger partial charge < -0.3 is 9.05 Å². The Morgan fingerprint density at radius 2 is 1.12 bits per heavy atom. The molecule has 3 heteroatoms. The van der Waals surface area contributed by atoms with Crippen LogP contribution in [0.15, 0.2) is 152 Å². The van der Waals surface area contributed by atoms with E-state index in [1.807, 2.05) is 0 Å². The van der Waals surface area contributed by atoms with E-state index in [1.165, 1.54) is 82.1 Å². The van der Waals surface area contributed by atoms with Gasteiger partial charge in [-0.05, 0) is 45.5 Å². The standard InChI is InChI=1S/C40H25BN2/c1-2-12-26(13-3-1)29-17-10-18-31-30-16-6-8-22-35(30)43(39(29)31)41-33-20-7-9-23-36(33)42-37-25-24-27-14-4-5-15-28(27)38(37)32-19-11-21-34(41)40(32)42/h1-25H. The lowest BCUT2D eigenvalue weighted by Gasteiger charge is -2.28. The number of aromatic nitrogens is 2. The van der Waals surface area contributed by atoms with Crippen LogP contribution < -0.4 is 10.9 Å². The lowest BCUT2D eigenvalue weighted by Crippen LogP contribution is -2.53. The highest BCUT2D eigenvalue weighted by atomic mass is 15.0. The van der Waals surface area contributed by atoms with Crippen LogP contribution in [0.25, 0.3) is 71.2 Å². The first-order valence-corrected chi connectivity index (χ1v) is 15.0. The summed E-state index contributed by atoms with van der Waals surface area (Å²) in [5.74, 6) is 0. The number of rotatable bonds is 2. The van der Waals surface area contributed by atoms with Crippen LogP contribution >= 0.6 is 0 Å². The van der Waals surface area contributed by atoms with Crippen molar-refractivity contribution >= 4 is 72.2 Å². The Morgan fingerprint density at radius 3 is 2.05 bits per heavy atom. The van der Waals surface area contributed by atoms with E-state index in [2.05, 4.69) is 161 Å². The predicted octanol–water partition coefficient (Wildman–Crippen LogP) is 8.68. The van der Waals surface area contributed by atoms with Crippen LogP contribution in [0, 0.1) is 0 Å². The van der Waals surface area contributed by atoms with E-state index in [9.17, 15) is 0 Å². The van der Waals surface area contributed by atoms with E-state index in [-0.39, 0.29) is 6.85 Å². The SMILES string of the molecule is c1ccc(-c2cccc3c4ccccc4n(B4c5ccccc5-n5c6ccc7ccccc7c6c6cccc4c65)c23)cc1. The van der Waals surface area contributed by atoms with Crippen LogP contribution in [0.5, 0.6) is 0 Å². The average Bonchev–Trinajstić information content (AvgIpc) is 3.60. The molecule has 7 aromatic carbocycles. The first-order valence-electron chi connectivity index (χ1n) is 15.0. The van der Waals surface area contributed by atoms with Crippen molar-refractivity contribution in [1.29, 1.82) is 0 Å². The second-order valence-corrected chi connectivity index (χ2v) is 11.7. The highest BCUT2D eigenvalue weighted by Gasteiger charge is 2.36. The summed E-state index contributed by atoms with van der Waals surface area (Å²) in [6.07, 6.45) is 0. The van der Waals surface area contributed by atoms with Crippen molar-refractivity contribution in [1.82, 2.24) is 9.05 Å². The highest BCUT2D eigenvalue weighted by Crippen LogP contribution is 2.40. The van der Waals surface area contributed by atoms with E-state index in [1.54, 1.807) is 0 Å². The van der Waals surface area contributed by atoms with Crippen molar-refractivity contribution in [3.63, 3.8) is 0 Å². The summed E-state index contributed by atoms with van der Waals surface area (Å²) in [7, 11) is 0. The molecule has 0 saturated heterocycles. The van der Waals surface area contributed by atoms with E-state index < -0.39 is 0 Å². The molecule has 0 unspecified atom stereocenters. The number of hydrogen-bond acceptors (Lipinski definition) is 0. The average molecular weight is 544 g/mol. The minimum Gasteiger partial charge on any atom is -0.375 e. The second-order valence-electron chi connectivity index (χ2n) is 11.7. The van der Waals surface area contributed by atoms with E-state index in [0.717, 1.165) is 0 Å². The molecule has 9 aromatic rings. The Bertz CT molecular complexity index is 2570. The Morgan fingerprint density at radius 1 is 0.419 bits per heavy atom. The molecule has 2 aromatic heterocycles. The monoisotopic (exact) mass is 544 g/mol. The third kappa shape index (κ3) is 2.98. The van der Waals surface area contributed by atoms with Crippen LogP contribution in [-0.2, 0) is 0 Å². The molecule has 10 rings (SSSR count). The van der Waals surface area contributed by atoms with Gasteiger partial charge in [0, 0.05) is 43.8 Å². The molecule has 0 spiro atoms. The summed E-state index contributed by atoms with van der Waals surface area (Å²) in [6.45, 7) is 0.00948. The Kier molecular flexibility index (Phi) is 4.56. The zero-order valence-corrected chi connectivity index (χ0v) is 23.4. The fourth-order valence-corrected chi connectivity index (χ4v) is 7.87. The normalized spacial score (nSPS) is 12.6. The van der Waals surface area contributed by atoms with Crippen molar-refractivity contribution in [3.8, 4) is 16.8 Å². The van der Waals surface area contributed by atoms with Gasteiger partial charge in [0.2, 0.25) is 0 Å². The third-order valence-corrected chi connectivity index (χ3v) is 9.55. The van der Waals surface area contributed by atoms with Crippen molar-refractivity contribution in [2.24, 2.45) is 0 Å². The summed E-state index contributed by atoms with van der Waals surface area (Å²) in [4.78, 5) is 0. The van der Waals surface area contributed by atoms with Gasteiger partial charge in [0.25, 0.3) is 0 Å². The van der Waals surface area contributed by atoms with Gasteiger partial charge in [-0.15, -0.1) is 0 Å². The molecule has 3 heterocycles. The van der Waals surface area contributed by atoms with Gasteiger partial charge in [0.1, 0.15) is 0 Å². The molecular formula is C40H25BN2. The minimum absolute atomic E-state index is 0.00948. The molecule has 43 heavy (non-hydrogen) atoms. The molecule has 0 saturated carbocycles. The first-order chi connectivity index (χ1) is 21.4. The minimum atomic E-state index is 0.00948. The van der Waals surface area contributed by atoms with Crippen molar-refractivity contribution in [3.05, 3.63) is 152 Å². The zero-order chi connectivity index (χ0) is 28.1. The summed E-state index contributed by atoms with van der Waals surface area (Å²) in [6, 6.07) is 55.9. The number of fused-ring (bicyclic) bond motifs is 10. The molecule has 0 atom stereocenters. The van der Waals surface area contributed by atoms with Gasteiger partial charge in [-0.2, -0.15) is 0 Å². The maximum absolute atomic E-state index is 2.62. The quantitative estimate of drug-likeness (QED) is 0.193. The topological polar surface area (TPSA) is 9.86 Å². The van der Waals surface area contributed by atoms with E-state index in [4.69, 9.17) is 0 Å². The van der Waals surface area contributed by atoms with Gasteiger partial charge in [-0.25, -0.2) is 0 Å². The number of hydrogen-bond donors (Lipinski definition) is 0. The number of nitrogens with zero attached hydrogens (tertiary/aromatic N) is 2. The van der Waals surface area contributed by atoms with Gasteiger partial charge in [-0.1, -0.05) is 133 Å². The summed E-state index contributed by atoms with van der Waals surface area (Å²) < 4.78 is 5.14. The highest BCUT2D eigenvalue weighted by molar-refractivity contribution is 6.88. The number of benzene rings is 7. The lowest BCUT2D eigenvalue weighted by molar-refractivity contribution is 1.18. The summed E-state index contributed by atoms with van der Waals surface area (Å²) in [5, 5.41) is 7.81. The predicted molar refractivity (Wildman–Crippen MR) is 184 cm³/mol. The molecule has 1 aliphatic rings. The van der Waals surface area contributed by atoms with Crippen LogP contribution in [-0.4, -0.2) is 15.9 Å². The van der Waals surface area contributed by atoms with Crippen LogP contribution in [0.4, 0.5) is 0 Å². The smallest absolute Gasteiger partial charge is 0.332 e. The molecule has 0 fully saturated rings. The second kappa shape index (κ2) is 8.50. The van der Waals surface area contributed by atoms with Crippen molar-refractivity contribution in [2.45, 2.75) is 0 Å². The van der Waals surface area contributed by atoms with Crippen molar-refractivity contribution in [2.75, 3.05) is 0 Å². The zero-order valence-electron chi connectivity index (χ0n) is 23.4. The molecule has 1 aliphatic heterocycles. The Balaban J connectivity index is 1.41. The maximum atomic E-state index is 2.62. The molecule has 0 radical (unpaired) electrons. The third-order valence-electron chi connectivity index (χ3n) is 9.55. The molecular weight excluding hydrogens is 519 g/mol. The summed E-state index contributed by atoms with van der Waals surface area (Å²) >= 11 is 0. The maximum Gasteiger partial charge on any atom is 0.332 e. The molecule has 0 bridgehead atoms. The van der Waals surface area contributed by atoms with Gasteiger partial charge in [-0.3, -0.25) is 0 Å². The fraction of sp³-hybridized carbons (Fsp3) is 0. The first kappa shape index (κ1) is 23.1. The largest absolute Gasteiger partial charge is 0.375 e. The van der Waals surface area contributed by atoms with E-state index in [0.29, 0.717) is 0 Å². The van der Waals surface area contributed by atoms with Gasteiger partial charge >= 0.3 is 6.85 Å². The lowest BCUT2D eigenvalue weighted by atomic mass is 9.48. The van der Waals surface area contributed by atoms with Gasteiger partial charge in [0.15, 0.2) is 0 Å². The van der Waals surface area contributed by atoms with Crippen LogP contribution in [0.1, 0.15) is 0 Å². The summed E-state index contributed by atoms with van der Waals surface area (Å²) in [5.41, 5.74) is 11.5. The van der Waals surface area contributed by atoms with E-state index >= 15 is 0 Å². The van der Waals surface area contributed by atoms with Crippen LogP contribution in [0.3, 0.4) is 0 Å². The molecule has 0 aliphatic carbocycles. The van der Waals surface area contributed by atoms with Gasteiger partial charge in [0.05, 0.1) is 11.0 Å². The molecule has 0 amide bonds. The molecule has 2 nitrogen and oxygen atoms in total. The van der Waals surface area contributed by atoms with Crippen molar-refractivity contribution < 1.29 is 0 Å². The van der Waals surface area contributed by atoms with Crippen LogP contribution in [0.2, 0.25) is 0 Å². The Labute approximate surface area is 249 Å². The molecule has 0 N–H and O–H groups in total. The fourth-order valence-electron chi connectivity index (χ4n) is 7.87. The Hall–Kier alpha value is -5.54. The molecule has 198 valence electrons. The number of para-hydroxylation sites is 4.